The molecule has 3 aromatic rings. The molecule has 33 heavy (non-hydrogen) atoms. The van der Waals surface area contributed by atoms with Crippen LogP contribution in [0.1, 0.15) is 25.1 Å². The first-order valence-electron chi connectivity index (χ1n) is 11.0. The average molecular weight is 452 g/mol. The van der Waals surface area contributed by atoms with Gasteiger partial charge in [-0.25, -0.2) is 14.3 Å². The highest BCUT2D eigenvalue weighted by molar-refractivity contribution is 6.03. The van der Waals surface area contributed by atoms with Crippen molar-refractivity contribution in [3.05, 3.63) is 47.9 Å². The van der Waals surface area contributed by atoms with E-state index in [-0.39, 0.29) is 12.5 Å². The smallest absolute Gasteiger partial charge is 0.327 e. The third-order valence-electron chi connectivity index (χ3n) is 5.83. The monoisotopic (exact) mass is 451 g/mol. The fourth-order valence-electron chi connectivity index (χ4n) is 4.68. The number of fused-ring (bicyclic) bond motifs is 2. The molecule has 0 aliphatic carbocycles. The summed E-state index contributed by atoms with van der Waals surface area (Å²) in [4.78, 5) is 30.1. The van der Waals surface area contributed by atoms with Crippen LogP contribution >= 0.6 is 0 Å². The van der Waals surface area contributed by atoms with Crippen LogP contribution in [0.5, 0.6) is 0 Å². The highest BCUT2D eigenvalue weighted by Crippen LogP contribution is 2.34. The molecule has 0 saturated carbocycles. The van der Waals surface area contributed by atoms with E-state index < -0.39 is 0 Å². The number of carbonyl (C=O) groups is 2. The molecular weight excluding hydrogens is 422 g/mol. The third-order valence-corrected chi connectivity index (χ3v) is 5.83. The fraction of sp³-hybridized carbons (Fsp3) is 0.391. The van der Waals surface area contributed by atoms with Crippen molar-refractivity contribution in [2.45, 2.75) is 39.3 Å². The minimum absolute atomic E-state index is 0.152. The van der Waals surface area contributed by atoms with Gasteiger partial charge in [-0.1, -0.05) is 0 Å². The SMILES string of the molecule is Cc1cc2cc(NC(=O)N3CCc4c(N5C[C@@H](C)N[C@@H](C)C5)ccnc43)ccn2n1.O=CO. The van der Waals surface area contributed by atoms with Crippen LogP contribution in [-0.2, 0) is 11.2 Å². The molecule has 0 bridgehead atoms. The Morgan fingerprint density at radius 3 is 2.70 bits per heavy atom. The largest absolute Gasteiger partial charge is 0.483 e. The van der Waals surface area contributed by atoms with E-state index in [1.807, 2.05) is 37.5 Å². The van der Waals surface area contributed by atoms with Gasteiger partial charge in [0.05, 0.1) is 11.2 Å². The molecule has 2 aliphatic rings. The summed E-state index contributed by atoms with van der Waals surface area (Å²) < 4.78 is 1.81. The number of hydrogen-bond donors (Lipinski definition) is 3. The summed E-state index contributed by atoms with van der Waals surface area (Å²) in [6.45, 7) is 8.67. The fourth-order valence-corrected chi connectivity index (χ4v) is 4.68. The van der Waals surface area contributed by atoms with Crippen LogP contribution in [0.15, 0.2) is 36.7 Å². The Labute approximate surface area is 192 Å². The molecule has 0 radical (unpaired) electrons. The van der Waals surface area contributed by atoms with Crippen molar-refractivity contribution in [1.29, 1.82) is 0 Å². The topological polar surface area (TPSA) is 115 Å². The zero-order valence-corrected chi connectivity index (χ0v) is 19.0. The average Bonchev–Trinajstić information content (AvgIpc) is 3.35. The molecule has 2 amide bonds. The van der Waals surface area contributed by atoms with Gasteiger partial charge in [-0.05, 0) is 51.5 Å². The standard InChI is InChI=1S/C22H27N7O.CH2O2/c1-14-10-18-11-17(5-9-29(18)26-14)25-22(30)28-8-6-19-20(4-7-23-21(19)28)27-12-15(2)24-16(3)13-27;2-1-3/h4-5,7,9-11,15-16,24H,6,8,12-13H2,1-3H3,(H,25,30);1H,(H,2,3)/t15-,16+;. The molecule has 0 aromatic carbocycles. The van der Waals surface area contributed by atoms with Crippen LogP contribution in [0.25, 0.3) is 5.52 Å². The zero-order valence-electron chi connectivity index (χ0n) is 19.0. The molecule has 1 fully saturated rings. The quantitative estimate of drug-likeness (QED) is 0.513. The number of carboxylic acid groups (broad SMARTS) is 1. The van der Waals surface area contributed by atoms with Crippen LogP contribution in [-0.4, -0.2) is 63.9 Å². The van der Waals surface area contributed by atoms with Crippen LogP contribution in [0, 0.1) is 6.92 Å². The maximum absolute atomic E-state index is 13.0. The lowest BCUT2D eigenvalue weighted by atomic mass is 10.1. The highest BCUT2D eigenvalue weighted by atomic mass is 16.3. The van der Waals surface area contributed by atoms with Gasteiger partial charge in [-0.15, -0.1) is 0 Å². The van der Waals surface area contributed by atoms with Crippen molar-refractivity contribution in [3.8, 4) is 0 Å². The molecule has 2 aliphatic heterocycles. The van der Waals surface area contributed by atoms with Crippen molar-refractivity contribution in [1.82, 2.24) is 19.9 Å². The van der Waals surface area contributed by atoms with Gasteiger partial charge in [0.1, 0.15) is 5.82 Å². The Morgan fingerprint density at radius 1 is 1.24 bits per heavy atom. The summed E-state index contributed by atoms with van der Waals surface area (Å²) in [5.74, 6) is 0.769. The van der Waals surface area contributed by atoms with E-state index >= 15 is 0 Å². The summed E-state index contributed by atoms with van der Waals surface area (Å²) in [6.07, 6.45) is 4.50. The number of nitrogens with one attached hydrogen (secondary N) is 2. The molecule has 5 rings (SSSR count). The number of hydrogen-bond acceptors (Lipinski definition) is 6. The van der Waals surface area contributed by atoms with Crippen LogP contribution in [0.2, 0.25) is 0 Å². The van der Waals surface area contributed by atoms with Gasteiger partial charge in [-0.2, -0.15) is 5.10 Å². The molecule has 2 atom stereocenters. The number of rotatable bonds is 2. The normalized spacial score (nSPS) is 19.6. The Morgan fingerprint density at radius 2 is 1.97 bits per heavy atom. The van der Waals surface area contributed by atoms with Crippen LogP contribution < -0.4 is 20.4 Å². The first kappa shape index (κ1) is 22.5. The lowest BCUT2D eigenvalue weighted by molar-refractivity contribution is -0.122. The van der Waals surface area contributed by atoms with Gasteiger partial charge in [-0.3, -0.25) is 9.69 Å². The van der Waals surface area contributed by atoms with Gasteiger partial charge >= 0.3 is 6.03 Å². The van der Waals surface area contributed by atoms with E-state index in [4.69, 9.17) is 9.90 Å². The summed E-state index contributed by atoms with van der Waals surface area (Å²) in [7, 11) is 0. The van der Waals surface area contributed by atoms with Crippen molar-refractivity contribution in [2.75, 3.05) is 34.8 Å². The summed E-state index contributed by atoms with van der Waals surface area (Å²) in [6, 6.07) is 8.58. The Hall–Kier alpha value is -3.66. The Kier molecular flexibility index (Phi) is 6.45. The van der Waals surface area contributed by atoms with E-state index in [9.17, 15) is 4.79 Å². The minimum atomic E-state index is -0.250. The summed E-state index contributed by atoms with van der Waals surface area (Å²) in [5.41, 5.74) is 5.01. The molecule has 174 valence electrons. The number of aromatic nitrogens is 3. The second-order valence-corrected chi connectivity index (χ2v) is 8.51. The number of nitrogens with zero attached hydrogens (tertiary/aromatic N) is 5. The number of carbonyl (C=O) groups excluding carboxylic acids is 1. The van der Waals surface area contributed by atoms with Gasteiger partial charge < -0.3 is 20.6 Å². The first-order valence-corrected chi connectivity index (χ1v) is 11.0. The highest BCUT2D eigenvalue weighted by Gasteiger charge is 2.31. The number of piperazine rings is 1. The van der Waals surface area contributed by atoms with Crippen molar-refractivity contribution in [2.24, 2.45) is 0 Å². The lowest BCUT2D eigenvalue weighted by Gasteiger charge is -2.38. The van der Waals surface area contributed by atoms with Gasteiger partial charge in [0.2, 0.25) is 0 Å². The number of pyridine rings is 2. The predicted molar refractivity (Wildman–Crippen MR) is 127 cm³/mol. The molecule has 10 nitrogen and oxygen atoms in total. The van der Waals surface area contributed by atoms with E-state index in [1.165, 1.54) is 5.69 Å². The van der Waals surface area contributed by atoms with Gasteiger partial charge in [0, 0.05) is 61.0 Å². The number of amides is 2. The molecule has 3 N–H and O–H groups in total. The second kappa shape index (κ2) is 9.45. The zero-order chi connectivity index (χ0) is 23.5. The molecule has 3 aromatic heterocycles. The van der Waals surface area contributed by atoms with E-state index in [1.54, 1.807) is 9.42 Å². The lowest BCUT2D eigenvalue weighted by Crippen LogP contribution is -2.54. The van der Waals surface area contributed by atoms with Gasteiger partial charge in [0.25, 0.3) is 6.47 Å². The second-order valence-electron chi connectivity index (χ2n) is 8.51. The number of anilines is 3. The summed E-state index contributed by atoms with van der Waals surface area (Å²) in [5, 5.41) is 17.9. The van der Waals surface area contributed by atoms with Crippen molar-refractivity contribution in [3.63, 3.8) is 0 Å². The van der Waals surface area contributed by atoms with Crippen molar-refractivity contribution >= 4 is 35.2 Å². The molecular formula is C23H29N7O3. The first-order chi connectivity index (χ1) is 15.9. The maximum Gasteiger partial charge on any atom is 0.327 e. The molecule has 1 saturated heterocycles. The minimum Gasteiger partial charge on any atom is -0.483 e. The Bertz CT molecular complexity index is 1150. The van der Waals surface area contributed by atoms with Crippen molar-refractivity contribution < 1.29 is 14.7 Å². The molecule has 0 unspecified atom stereocenters. The molecule has 0 spiro atoms. The van der Waals surface area contributed by atoms with E-state index in [0.29, 0.717) is 18.6 Å². The van der Waals surface area contributed by atoms with E-state index in [2.05, 4.69) is 45.5 Å². The summed E-state index contributed by atoms with van der Waals surface area (Å²) >= 11 is 0. The Balaban J connectivity index is 0.000000821. The molecule has 5 heterocycles. The van der Waals surface area contributed by atoms with Crippen LogP contribution in [0.4, 0.5) is 22.0 Å². The number of aryl methyl sites for hydroxylation is 1. The maximum atomic E-state index is 13.0. The van der Waals surface area contributed by atoms with Crippen LogP contribution in [0.3, 0.4) is 0 Å². The third kappa shape index (κ3) is 4.75. The van der Waals surface area contributed by atoms with E-state index in [0.717, 1.165) is 47.8 Å². The predicted octanol–water partition coefficient (Wildman–Crippen LogP) is 2.52. The molecule has 10 heteroatoms. The number of urea groups is 1. The van der Waals surface area contributed by atoms with Gasteiger partial charge in [0.15, 0.2) is 0 Å².